The molecule has 1 aromatic heterocycles. The van der Waals surface area contributed by atoms with Crippen molar-refractivity contribution in [2.75, 3.05) is 0 Å². The molecule has 0 bridgehead atoms. The fourth-order valence-electron chi connectivity index (χ4n) is 0.950. The lowest BCUT2D eigenvalue weighted by molar-refractivity contribution is 0.102. The molecule has 0 saturated carbocycles. The van der Waals surface area contributed by atoms with Crippen LogP contribution >= 0.6 is 22.9 Å². The maximum atomic E-state index is 11.0. The van der Waals surface area contributed by atoms with Crippen molar-refractivity contribution in [3.63, 3.8) is 0 Å². The molecule has 3 heteroatoms. The van der Waals surface area contributed by atoms with Crippen LogP contribution in [0.2, 0.25) is 5.02 Å². The van der Waals surface area contributed by atoms with Crippen molar-refractivity contribution in [1.29, 1.82) is 0 Å². The van der Waals surface area contributed by atoms with Crippen LogP contribution in [0.5, 0.6) is 0 Å². The number of halogens is 1. The standard InChI is InChI=1S/C9H11ClOS/c1-5(2)9-7(10)4-8(12-9)6(3)11/h4-5H,1-3H3. The molecule has 0 N–H and O–H groups in total. The van der Waals surface area contributed by atoms with Crippen molar-refractivity contribution >= 4 is 28.7 Å². The first-order valence-electron chi connectivity index (χ1n) is 3.82. The molecular weight excluding hydrogens is 192 g/mol. The first kappa shape index (κ1) is 9.75. The highest BCUT2D eigenvalue weighted by molar-refractivity contribution is 7.14. The van der Waals surface area contributed by atoms with Crippen molar-refractivity contribution in [2.24, 2.45) is 0 Å². The summed E-state index contributed by atoms with van der Waals surface area (Å²) >= 11 is 7.44. The molecule has 12 heavy (non-hydrogen) atoms. The largest absolute Gasteiger partial charge is 0.294 e. The van der Waals surface area contributed by atoms with E-state index in [2.05, 4.69) is 13.8 Å². The third kappa shape index (κ3) is 1.87. The van der Waals surface area contributed by atoms with Crippen molar-refractivity contribution in [2.45, 2.75) is 26.7 Å². The second-order valence-electron chi connectivity index (χ2n) is 3.03. The normalized spacial score (nSPS) is 10.8. The van der Waals surface area contributed by atoms with Gasteiger partial charge in [-0.1, -0.05) is 25.4 Å². The molecular formula is C9H11ClOS. The number of carbonyl (C=O) groups excluding carboxylic acids is 1. The lowest BCUT2D eigenvalue weighted by Gasteiger charge is -1.99. The molecule has 0 fully saturated rings. The van der Waals surface area contributed by atoms with Crippen LogP contribution in [-0.2, 0) is 0 Å². The van der Waals surface area contributed by atoms with Crippen LogP contribution in [0.15, 0.2) is 6.07 Å². The van der Waals surface area contributed by atoms with Gasteiger partial charge in [0.2, 0.25) is 0 Å². The molecule has 1 rings (SSSR count). The maximum Gasteiger partial charge on any atom is 0.169 e. The molecule has 1 nitrogen and oxygen atoms in total. The summed E-state index contributed by atoms with van der Waals surface area (Å²) in [5.74, 6) is 0.490. The minimum absolute atomic E-state index is 0.0915. The molecule has 0 aliphatic rings. The lowest BCUT2D eigenvalue weighted by Crippen LogP contribution is -1.84. The first-order chi connectivity index (χ1) is 5.52. The van der Waals surface area contributed by atoms with Gasteiger partial charge in [0.15, 0.2) is 5.78 Å². The Bertz CT molecular complexity index is 301. The SMILES string of the molecule is CC(=O)c1cc(Cl)c(C(C)C)s1. The summed E-state index contributed by atoms with van der Waals surface area (Å²) in [6.07, 6.45) is 0. The number of thiophene rings is 1. The van der Waals surface area contributed by atoms with Crippen LogP contribution in [-0.4, -0.2) is 5.78 Å². The van der Waals surface area contributed by atoms with Crippen LogP contribution in [0.4, 0.5) is 0 Å². The first-order valence-corrected chi connectivity index (χ1v) is 5.02. The van der Waals surface area contributed by atoms with Gasteiger partial charge in [0.1, 0.15) is 0 Å². The number of rotatable bonds is 2. The summed E-state index contributed by atoms with van der Waals surface area (Å²) in [5, 5.41) is 0.722. The average molecular weight is 203 g/mol. The third-order valence-corrected chi connectivity index (χ3v) is 3.55. The Labute approximate surface area is 81.4 Å². The Morgan fingerprint density at radius 2 is 2.17 bits per heavy atom. The Morgan fingerprint density at radius 3 is 2.42 bits per heavy atom. The zero-order valence-electron chi connectivity index (χ0n) is 7.35. The quantitative estimate of drug-likeness (QED) is 0.668. The van der Waals surface area contributed by atoms with Crippen LogP contribution in [0.25, 0.3) is 0 Å². The van der Waals surface area contributed by atoms with Crippen molar-refractivity contribution in [3.05, 3.63) is 20.8 Å². The van der Waals surface area contributed by atoms with Crippen LogP contribution in [0, 0.1) is 0 Å². The van der Waals surface area contributed by atoms with Gasteiger partial charge >= 0.3 is 0 Å². The van der Waals surface area contributed by atoms with E-state index in [0.717, 1.165) is 14.8 Å². The summed E-state index contributed by atoms with van der Waals surface area (Å²) in [6, 6.07) is 1.75. The van der Waals surface area contributed by atoms with Gasteiger partial charge in [0, 0.05) is 4.88 Å². The van der Waals surface area contributed by atoms with E-state index in [-0.39, 0.29) is 5.78 Å². The molecule has 0 amide bonds. The highest BCUT2D eigenvalue weighted by atomic mass is 35.5. The van der Waals surface area contributed by atoms with E-state index in [9.17, 15) is 4.79 Å². The number of hydrogen-bond donors (Lipinski definition) is 0. The van der Waals surface area contributed by atoms with Gasteiger partial charge in [-0.3, -0.25) is 4.79 Å². The summed E-state index contributed by atoms with van der Waals surface area (Å²) in [4.78, 5) is 12.8. The molecule has 0 aliphatic carbocycles. The van der Waals surface area contributed by atoms with E-state index in [1.54, 1.807) is 13.0 Å². The number of carbonyl (C=O) groups is 1. The zero-order chi connectivity index (χ0) is 9.30. The Hall–Kier alpha value is -0.340. The van der Waals surface area contributed by atoms with Gasteiger partial charge < -0.3 is 0 Å². The van der Waals surface area contributed by atoms with E-state index >= 15 is 0 Å². The Morgan fingerprint density at radius 1 is 1.58 bits per heavy atom. The topological polar surface area (TPSA) is 17.1 Å². The van der Waals surface area contributed by atoms with Gasteiger partial charge in [-0.25, -0.2) is 0 Å². The Balaban J connectivity index is 3.09. The second-order valence-corrected chi connectivity index (χ2v) is 4.52. The molecule has 66 valence electrons. The van der Waals surface area contributed by atoms with E-state index in [0.29, 0.717) is 5.92 Å². The van der Waals surface area contributed by atoms with Crippen LogP contribution < -0.4 is 0 Å². The fourth-order valence-corrected chi connectivity index (χ4v) is 2.41. The number of hydrogen-bond acceptors (Lipinski definition) is 2. The van der Waals surface area contributed by atoms with Crippen molar-refractivity contribution in [1.82, 2.24) is 0 Å². The predicted octanol–water partition coefficient (Wildman–Crippen LogP) is 3.73. The molecule has 0 saturated heterocycles. The van der Waals surface area contributed by atoms with Gasteiger partial charge in [0.25, 0.3) is 0 Å². The van der Waals surface area contributed by atoms with E-state index in [1.807, 2.05) is 0 Å². The molecule has 0 atom stereocenters. The average Bonchev–Trinajstić information content (AvgIpc) is 2.30. The number of ketones is 1. The molecule has 0 unspecified atom stereocenters. The fraction of sp³-hybridized carbons (Fsp3) is 0.444. The minimum atomic E-state index is 0.0915. The minimum Gasteiger partial charge on any atom is -0.294 e. The van der Waals surface area contributed by atoms with Gasteiger partial charge in [0.05, 0.1) is 9.90 Å². The summed E-state index contributed by atoms with van der Waals surface area (Å²) < 4.78 is 0. The molecule has 1 aromatic rings. The highest BCUT2D eigenvalue weighted by Gasteiger charge is 2.12. The van der Waals surface area contributed by atoms with Crippen LogP contribution in [0.1, 0.15) is 41.2 Å². The van der Waals surface area contributed by atoms with Crippen molar-refractivity contribution < 1.29 is 4.79 Å². The third-order valence-electron chi connectivity index (χ3n) is 1.58. The summed E-state index contributed by atoms with van der Waals surface area (Å²) in [7, 11) is 0. The van der Waals surface area contributed by atoms with E-state index in [1.165, 1.54) is 11.3 Å². The maximum absolute atomic E-state index is 11.0. The lowest BCUT2D eigenvalue weighted by atomic mass is 10.2. The number of Topliss-reactive ketones (excluding diaryl/α,β-unsaturated/α-hetero) is 1. The van der Waals surface area contributed by atoms with Crippen molar-refractivity contribution in [3.8, 4) is 0 Å². The molecule has 1 heterocycles. The second kappa shape index (κ2) is 3.58. The molecule has 0 spiro atoms. The van der Waals surface area contributed by atoms with Crippen LogP contribution in [0.3, 0.4) is 0 Å². The van der Waals surface area contributed by atoms with Gasteiger partial charge in [-0.05, 0) is 18.9 Å². The molecule has 0 aromatic carbocycles. The highest BCUT2D eigenvalue weighted by Crippen LogP contribution is 2.32. The summed E-state index contributed by atoms with van der Waals surface area (Å²) in [5.41, 5.74) is 0. The van der Waals surface area contributed by atoms with E-state index in [4.69, 9.17) is 11.6 Å². The van der Waals surface area contributed by atoms with E-state index < -0.39 is 0 Å². The zero-order valence-corrected chi connectivity index (χ0v) is 8.92. The van der Waals surface area contributed by atoms with Gasteiger partial charge in [-0.15, -0.1) is 11.3 Å². The Kier molecular flexibility index (Phi) is 2.91. The molecule has 0 aliphatic heterocycles. The predicted molar refractivity (Wildman–Crippen MR) is 53.4 cm³/mol. The summed E-state index contributed by atoms with van der Waals surface area (Å²) in [6.45, 7) is 5.70. The molecule has 0 radical (unpaired) electrons. The van der Waals surface area contributed by atoms with Gasteiger partial charge in [-0.2, -0.15) is 0 Å². The smallest absolute Gasteiger partial charge is 0.169 e. The monoisotopic (exact) mass is 202 g/mol.